The molecule has 1 saturated heterocycles. The summed E-state index contributed by atoms with van der Waals surface area (Å²) in [4.78, 5) is 0.151. The first kappa shape index (κ1) is 14.4. The van der Waals surface area contributed by atoms with Crippen molar-refractivity contribution in [2.24, 2.45) is 0 Å². The van der Waals surface area contributed by atoms with Gasteiger partial charge in [-0.25, -0.2) is 13.1 Å². The highest BCUT2D eigenvalue weighted by Crippen LogP contribution is 2.37. The Morgan fingerprint density at radius 3 is 2.95 bits per heavy atom. The van der Waals surface area contributed by atoms with Gasteiger partial charge in [-0.2, -0.15) is 17.0 Å². The molecule has 4 nitrogen and oxygen atoms in total. The average Bonchev–Trinajstić information content (AvgIpc) is 2.84. The van der Waals surface area contributed by atoms with Crippen molar-refractivity contribution in [3.05, 3.63) is 29.8 Å². The van der Waals surface area contributed by atoms with E-state index < -0.39 is 10.0 Å². The van der Waals surface area contributed by atoms with Gasteiger partial charge >= 0.3 is 0 Å². The lowest BCUT2D eigenvalue weighted by Crippen LogP contribution is -2.36. The van der Waals surface area contributed by atoms with Gasteiger partial charge in [0.05, 0.1) is 16.5 Å². The van der Waals surface area contributed by atoms with E-state index in [9.17, 15) is 8.42 Å². The van der Waals surface area contributed by atoms with Crippen LogP contribution < -0.4 is 4.72 Å². The minimum absolute atomic E-state index is 0.0140. The van der Waals surface area contributed by atoms with Crippen LogP contribution in [0.3, 0.4) is 0 Å². The first-order chi connectivity index (χ1) is 8.95. The van der Waals surface area contributed by atoms with E-state index in [1.165, 1.54) is 12.1 Å². The third kappa shape index (κ3) is 3.50. The van der Waals surface area contributed by atoms with Crippen LogP contribution in [-0.4, -0.2) is 25.5 Å². The number of rotatable bonds is 4. The minimum Gasteiger partial charge on any atom is -0.210 e. The fourth-order valence-corrected chi connectivity index (χ4v) is 4.59. The largest absolute Gasteiger partial charge is 0.240 e. The number of nitrogens with zero attached hydrogens (tertiary/aromatic N) is 1. The van der Waals surface area contributed by atoms with Crippen molar-refractivity contribution in [2.45, 2.75) is 29.4 Å². The molecule has 102 valence electrons. The molecule has 1 aliphatic heterocycles. The van der Waals surface area contributed by atoms with Crippen molar-refractivity contribution >= 4 is 21.8 Å². The van der Waals surface area contributed by atoms with Gasteiger partial charge in [-0.05, 0) is 43.7 Å². The predicted molar refractivity (Wildman–Crippen MR) is 76.4 cm³/mol. The predicted octanol–water partition coefficient (Wildman–Crippen LogP) is 2.12. The zero-order valence-electron chi connectivity index (χ0n) is 10.7. The second-order valence-corrected chi connectivity index (χ2v) is 8.32. The Morgan fingerprint density at radius 2 is 2.32 bits per heavy atom. The van der Waals surface area contributed by atoms with E-state index in [0.717, 1.165) is 18.6 Å². The van der Waals surface area contributed by atoms with Crippen LogP contribution in [0.2, 0.25) is 0 Å². The monoisotopic (exact) mass is 296 g/mol. The number of nitriles is 1. The van der Waals surface area contributed by atoms with Crippen molar-refractivity contribution in [3.8, 4) is 6.07 Å². The molecule has 1 unspecified atom stereocenters. The van der Waals surface area contributed by atoms with Gasteiger partial charge in [0.25, 0.3) is 0 Å². The molecule has 6 heteroatoms. The quantitative estimate of drug-likeness (QED) is 0.924. The molecule has 0 radical (unpaired) electrons. The lowest BCUT2D eigenvalue weighted by Gasteiger charge is -2.22. The molecule has 0 bridgehead atoms. The summed E-state index contributed by atoms with van der Waals surface area (Å²) in [7, 11) is -3.53. The molecule has 1 atom stereocenters. The molecule has 0 saturated carbocycles. The highest BCUT2D eigenvalue weighted by molar-refractivity contribution is 8.01. The van der Waals surface area contributed by atoms with Crippen LogP contribution in [0.15, 0.2) is 29.2 Å². The van der Waals surface area contributed by atoms with Gasteiger partial charge in [0.2, 0.25) is 10.0 Å². The molecule has 19 heavy (non-hydrogen) atoms. The van der Waals surface area contributed by atoms with Crippen LogP contribution in [0.4, 0.5) is 0 Å². The molecule has 1 N–H and O–H groups in total. The van der Waals surface area contributed by atoms with Crippen molar-refractivity contribution in [1.82, 2.24) is 4.72 Å². The molecular formula is C13H16N2O2S2. The Morgan fingerprint density at radius 1 is 1.53 bits per heavy atom. The summed E-state index contributed by atoms with van der Waals surface area (Å²) >= 11 is 1.81. The number of sulfonamides is 1. The number of hydrogen-bond donors (Lipinski definition) is 1. The number of thioether (sulfide) groups is 1. The van der Waals surface area contributed by atoms with E-state index in [1.54, 1.807) is 12.1 Å². The summed E-state index contributed by atoms with van der Waals surface area (Å²) < 4.78 is 27.0. The summed E-state index contributed by atoms with van der Waals surface area (Å²) in [5, 5.41) is 8.80. The lowest BCUT2D eigenvalue weighted by molar-refractivity contribution is 0.552. The first-order valence-electron chi connectivity index (χ1n) is 6.09. The molecule has 0 spiro atoms. The minimum atomic E-state index is -3.53. The summed E-state index contributed by atoms with van der Waals surface area (Å²) in [6.45, 7) is 2.51. The van der Waals surface area contributed by atoms with Gasteiger partial charge in [-0.15, -0.1) is 0 Å². The normalized spacial score (nSPS) is 23.2. The molecule has 1 aromatic carbocycles. The Hall–Kier alpha value is -1.03. The Bertz CT molecular complexity index is 599. The van der Waals surface area contributed by atoms with Gasteiger partial charge < -0.3 is 0 Å². The van der Waals surface area contributed by atoms with E-state index in [-0.39, 0.29) is 9.64 Å². The fraction of sp³-hybridized carbons (Fsp3) is 0.462. The van der Waals surface area contributed by atoms with Gasteiger partial charge in [-0.3, -0.25) is 0 Å². The Kier molecular flexibility index (Phi) is 4.19. The van der Waals surface area contributed by atoms with Crippen molar-refractivity contribution < 1.29 is 8.42 Å². The summed E-state index contributed by atoms with van der Waals surface area (Å²) in [5.41, 5.74) is 0.351. The Balaban J connectivity index is 2.12. The van der Waals surface area contributed by atoms with E-state index in [0.29, 0.717) is 12.1 Å². The van der Waals surface area contributed by atoms with Crippen LogP contribution in [-0.2, 0) is 10.0 Å². The lowest BCUT2D eigenvalue weighted by atomic mass is 10.1. The maximum Gasteiger partial charge on any atom is 0.240 e. The number of nitrogens with one attached hydrogen (secondary N) is 1. The third-order valence-corrected chi connectivity index (χ3v) is 6.15. The van der Waals surface area contributed by atoms with E-state index >= 15 is 0 Å². The Labute approximate surface area is 118 Å². The number of benzene rings is 1. The zero-order chi connectivity index (χ0) is 13.9. The summed E-state index contributed by atoms with van der Waals surface area (Å²) in [5.74, 6) is 1.09. The van der Waals surface area contributed by atoms with Crippen molar-refractivity contribution in [2.75, 3.05) is 12.3 Å². The second-order valence-electron chi connectivity index (χ2n) is 4.87. The van der Waals surface area contributed by atoms with Crippen molar-refractivity contribution in [3.63, 3.8) is 0 Å². The summed E-state index contributed by atoms with van der Waals surface area (Å²) in [6, 6.07) is 8.02. The molecule has 0 amide bonds. The van der Waals surface area contributed by atoms with Crippen molar-refractivity contribution in [1.29, 1.82) is 5.26 Å². The topological polar surface area (TPSA) is 70.0 Å². The standard InChI is InChI=1S/C13H16N2O2S2/c1-13(6-3-7-18-13)10-15-19(16,17)12-5-2-4-11(8-12)9-14/h2,4-5,8,15H,3,6-7,10H2,1H3. The van der Waals surface area contributed by atoms with E-state index in [2.05, 4.69) is 11.6 Å². The molecule has 1 heterocycles. The van der Waals surface area contributed by atoms with E-state index in [1.807, 2.05) is 17.8 Å². The van der Waals surface area contributed by atoms with Gasteiger partial charge in [0.15, 0.2) is 0 Å². The highest BCUT2D eigenvalue weighted by Gasteiger charge is 2.31. The smallest absolute Gasteiger partial charge is 0.210 e. The van der Waals surface area contributed by atoms with E-state index in [4.69, 9.17) is 5.26 Å². The third-order valence-electron chi connectivity index (χ3n) is 3.21. The van der Waals surface area contributed by atoms with Gasteiger partial charge in [0, 0.05) is 11.3 Å². The molecule has 1 aromatic rings. The van der Waals surface area contributed by atoms with Gasteiger partial charge in [-0.1, -0.05) is 6.07 Å². The van der Waals surface area contributed by atoms with Crippen LogP contribution in [0.1, 0.15) is 25.3 Å². The van der Waals surface area contributed by atoms with Gasteiger partial charge in [0.1, 0.15) is 0 Å². The maximum atomic E-state index is 12.2. The zero-order valence-corrected chi connectivity index (χ0v) is 12.4. The molecule has 1 fully saturated rings. The SMILES string of the molecule is CC1(CNS(=O)(=O)c2cccc(C#N)c2)CCCS1. The molecule has 0 aliphatic carbocycles. The molecular weight excluding hydrogens is 280 g/mol. The van der Waals surface area contributed by atoms with Crippen LogP contribution >= 0.6 is 11.8 Å². The van der Waals surface area contributed by atoms with Crippen LogP contribution in [0.5, 0.6) is 0 Å². The molecule has 1 aliphatic rings. The highest BCUT2D eigenvalue weighted by atomic mass is 32.2. The molecule has 2 rings (SSSR count). The fourth-order valence-electron chi connectivity index (χ4n) is 2.04. The first-order valence-corrected chi connectivity index (χ1v) is 8.56. The van der Waals surface area contributed by atoms with Crippen LogP contribution in [0, 0.1) is 11.3 Å². The number of hydrogen-bond acceptors (Lipinski definition) is 4. The second kappa shape index (κ2) is 5.53. The molecule has 0 aromatic heterocycles. The maximum absolute atomic E-state index is 12.2. The van der Waals surface area contributed by atoms with Crippen LogP contribution in [0.25, 0.3) is 0 Å². The summed E-state index contributed by atoms with van der Waals surface area (Å²) in [6.07, 6.45) is 2.16. The average molecular weight is 296 g/mol.